The molecule has 0 saturated carbocycles. The van der Waals surface area contributed by atoms with Gasteiger partial charge in [0.25, 0.3) is 0 Å². The fourth-order valence-corrected chi connectivity index (χ4v) is 1.01. The topological polar surface area (TPSA) is 29.5 Å². The minimum absolute atomic E-state index is 0.235. The van der Waals surface area contributed by atoms with Gasteiger partial charge in [-0.3, -0.25) is 0 Å². The Balaban J connectivity index is 3.46. The van der Waals surface area contributed by atoms with Gasteiger partial charge < -0.3 is 9.64 Å². The maximum absolute atomic E-state index is 10.9. The third-order valence-electron chi connectivity index (χ3n) is 1.21. The molecule has 0 fully saturated rings. The average molecular weight is 177 g/mol. The van der Waals surface area contributed by atoms with Crippen molar-refractivity contribution in [2.24, 2.45) is 0 Å². The summed E-state index contributed by atoms with van der Waals surface area (Å²) in [6, 6.07) is 0. The van der Waals surface area contributed by atoms with Crippen LogP contribution in [-0.2, 0) is 4.74 Å². The Labute approximate surface area is 72.1 Å². The second-order valence-electron chi connectivity index (χ2n) is 2.11. The van der Waals surface area contributed by atoms with Crippen LogP contribution in [0.4, 0.5) is 4.79 Å². The zero-order valence-electron chi connectivity index (χ0n) is 7.29. The van der Waals surface area contributed by atoms with Gasteiger partial charge in [0.15, 0.2) is 0 Å². The lowest BCUT2D eigenvalue weighted by Crippen LogP contribution is -2.29. The molecule has 0 aromatic rings. The molecule has 0 aromatic heterocycles. The molecule has 3 nitrogen and oxygen atoms in total. The zero-order valence-corrected chi connectivity index (χ0v) is 8.11. The maximum atomic E-state index is 10.9. The van der Waals surface area contributed by atoms with E-state index in [0.717, 1.165) is 12.3 Å². The van der Waals surface area contributed by atoms with Crippen molar-refractivity contribution in [1.29, 1.82) is 0 Å². The molecule has 0 atom stereocenters. The van der Waals surface area contributed by atoms with E-state index in [1.54, 1.807) is 30.6 Å². The van der Waals surface area contributed by atoms with E-state index in [-0.39, 0.29) is 6.09 Å². The summed E-state index contributed by atoms with van der Waals surface area (Å²) >= 11 is 1.72. The van der Waals surface area contributed by atoms with E-state index in [1.165, 1.54) is 0 Å². The second kappa shape index (κ2) is 6.34. The summed E-state index contributed by atoms with van der Waals surface area (Å²) in [6.45, 7) is 3.00. The number of carbonyl (C=O) groups excluding carboxylic acids is 1. The zero-order chi connectivity index (χ0) is 8.69. The molecule has 0 saturated heterocycles. The van der Waals surface area contributed by atoms with Crippen LogP contribution in [0.2, 0.25) is 0 Å². The van der Waals surface area contributed by atoms with Crippen LogP contribution in [0.1, 0.15) is 6.92 Å². The lowest BCUT2D eigenvalue weighted by Gasteiger charge is -2.14. The third kappa shape index (κ3) is 4.95. The van der Waals surface area contributed by atoms with Gasteiger partial charge in [-0.1, -0.05) is 0 Å². The van der Waals surface area contributed by atoms with E-state index in [1.807, 2.05) is 6.26 Å². The van der Waals surface area contributed by atoms with Crippen LogP contribution in [-0.4, -0.2) is 43.2 Å². The minimum atomic E-state index is -0.235. The lowest BCUT2D eigenvalue weighted by molar-refractivity contribution is 0.118. The predicted molar refractivity (Wildman–Crippen MR) is 48.0 cm³/mol. The number of amides is 1. The second-order valence-corrected chi connectivity index (χ2v) is 3.10. The van der Waals surface area contributed by atoms with Crippen LogP contribution in [0.15, 0.2) is 0 Å². The fraction of sp³-hybridized carbons (Fsp3) is 0.857. The van der Waals surface area contributed by atoms with E-state index in [4.69, 9.17) is 4.74 Å². The number of carbonyl (C=O) groups is 1. The van der Waals surface area contributed by atoms with Crippen molar-refractivity contribution in [3.63, 3.8) is 0 Å². The molecule has 1 amide bonds. The molecule has 0 radical (unpaired) electrons. The van der Waals surface area contributed by atoms with Gasteiger partial charge in [0.2, 0.25) is 0 Å². The van der Waals surface area contributed by atoms with Crippen LogP contribution in [0.25, 0.3) is 0 Å². The number of rotatable bonds is 4. The van der Waals surface area contributed by atoms with E-state index in [9.17, 15) is 4.79 Å². The fourth-order valence-electron chi connectivity index (χ4n) is 0.553. The highest BCUT2D eigenvalue weighted by Crippen LogP contribution is 1.95. The van der Waals surface area contributed by atoms with Crippen molar-refractivity contribution in [3.8, 4) is 0 Å². The molecular weight excluding hydrogens is 162 g/mol. The number of thioether (sulfide) groups is 1. The van der Waals surface area contributed by atoms with Crippen molar-refractivity contribution in [3.05, 3.63) is 0 Å². The van der Waals surface area contributed by atoms with Gasteiger partial charge in [0, 0.05) is 19.3 Å². The Morgan fingerprint density at radius 2 is 2.27 bits per heavy atom. The molecule has 0 aromatic carbocycles. The van der Waals surface area contributed by atoms with Gasteiger partial charge in [0.05, 0.1) is 6.61 Å². The van der Waals surface area contributed by atoms with Crippen LogP contribution in [0.3, 0.4) is 0 Å². The first-order valence-corrected chi connectivity index (χ1v) is 4.98. The lowest BCUT2D eigenvalue weighted by atomic mass is 10.6. The highest BCUT2D eigenvalue weighted by molar-refractivity contribution is 7.98. The molecule has 0 aliphatic heterocycles. The first kappa shape index (κ1) is 10.6. The molecular formula is C7H15NO2S. The van der Waals surface area contributed by atoms with Crippen LogP contribution in [0, 0.1) is 0 Å². The molecule has 11 heavy (non-hydrogen) atoms. The normalized spacial score (nSPS) is 9.36. The molecule has 4 heteroatoms. The third-order valence-corrected chi connectivity index (χ3v) is 1.80. The molecule has 66 valence electrons. The average Bonchev–Trinajstić information content (AvgIpc) is 2.00. The monoisotopic (exact) mass is 177 g/mol. The van der Waals surface area contributed by atoms with Gasteiger partial charge >= 0.3 is 6.09 Å². The SMILES string of the molecule is CCOC(=O)N(C)CCSC. The standard InChI is InChI=1S/C7H15NO2S/c1-4-10-7(9)8(2)5-6-11-3/h4-6H2,1-3H3. The van der Waals surface area contributed by atoms with Gasteiger partial charge in [0.1, 0.15) is 0 Å². The minimum Gasteiger partial charge on any atom is -0.450 e. The summed E-state index contributed by atoms with van der Waals surface area (Å²) in [4.78, 5) is 12.5. The molecule has 0 rings (SSSR count). The Morgan fingerprint density at radius 1 is 1.64 bits per heavy atom. The summed E-state index contributed by atoms with van der Waals surface area (Å²) in [5, 5.41) is 0. The van der Waals surface area contributed by atoms with Crippen molar-refractivity contribution >= 4 is 17.9 Å². The van der Waals surface area contributed by atoms with E-state index >= 15 is 0 Å². The van der Waals surface area contributed by atoms with Gasteiger partial charge in [-0.05, 0) is 13.2 Å². The van der Waals surface area contributed by atoms with Crippen LogP contribution < -0.4 is 0 Å². The quantitative estimate of drug-likeness (QED) is 0.650. The van der Waals surface area contributed by atoms with Crippen molar-refractivity contribution < 1.29 is 9.53 Å². The van der Waals surface area contributed by atoms with Crippen LogP contribution >= 0.6 is 11.8 Å². The first-order valence-electron chi connectivity index (χ1n) is 3.59. The molecule has 0 spiro atoms. The highest BCUT2D eigenvalue weighted by Gasteiger charge is 2.06. The largest absolute Gasteiger partial charge is 0.450 e. The van der Waals surface area contributed by atoms with Crippen molar-refractivity contribution in [2.75, 3.05) is 32.2 Å². The number of ether oxygens (including phenoxy) is 1. The summed E-state index contributed by atoms with van der Waals surface area (Å²) in [5.41, 5.74) is 0. The Bertz CT molecular complexity index is 119. The number of hydrogen-bond donors (Lipinski definition) is 0. The molecule has 0 unspecified atom stereocenters. The summed E-state index contributed by atoms with van der Waals surface area (Å²) < 4.78 is 4.78. The first-order chi connectivity index (χ1) is 5.22. The van der Waals surface area contributed by atoms with E-state index in [2.05, 4.69) is 0 Å². The van der Waals surface area contributed by atoms with Crippen molar-refractivity contribution in [1.82, 2.24) is 4.90 Å². The summed E-state index contributed by atoms with van der Waals surface area (Å²) in [7, 11) is 1.74. The van der Waals surface area contributed by atoms with Gasteiger partial charge in [-0.15, -0.1) is 0 Å². The number of nitrogens with zero attached hydrogens (tertiary/aromatic N) is 1. The molecule has 0 aliphatic carbocycles. The maximum Gasteiger partial charge on any atom is 0.409 e. The summed E-state index contributed by atoms with van der Waals surface area (Å²) in [5.74, 6) is 0.954. The summed E-state index contributed by atoms with van der Waals surface area (Å²) in [6.07, 6.45) is 1.78. The Hall–Kier alpha value is -0.380. The Kier molecular flexibility index (Phi) is 6.12. The highest BCUT2D eigenvalue weighted by atomic mass is 32.2. The van der Waals surface area contributed by atoms with Crippen molar-refractivity contribution in [2.45, 2.75) is 6.92 Å². The number of hydrogen-bond acceptors (Lipinski definition) is 3. The Morgan fingerprint density at radius 3 is 2.73 bits per heavy atom. The predicted octanol–water partition coefficient (Wildman–Crippen LogP) is 1.44. The van der Waals surface area contributed by atoms with Gasteiger partial charge in [-0.25, -0.2) is 4.79 Å². The van der Waals surface area contributed by atoms with E-state index in [0.29, 0.717) is 6.61 Å². The van der Waals surface area contributed by atoms with Crippen LogP contribution in [0.5, 0.6) is 0 Å². The van der Waals surface area contributed by atoms with Gasteiger partial charge in [-0.2, -0.15) is 11.8 Å². The smallest absolute Gasteiger partial charge is 0.409 e. The van der Waals surface area contributed by atoms with E-state index < -0.39 is 0 Å². The molecule has 0 heterocycles. The molecule has 0 aliphatic rings. The molecule has 0 bridgehead atoms. The molecule has 0 N–H and O–H groups in total.